The van der Waals surface area contributed by atoms with Gasteiger partial charge in [0.1, 0.15) is 18.8 Å². The molecule has 0 radical (unpaired) electrons. The van der Waals surface area contributed by atoms with E-state index in [4.69, 9.17) is 14.2 Å². The molecule has 2 heterocycles. The smallest absolute Gasteiger partial charge is 0.337 e. The van der Waals surface area contributed by atoms with E-state index in [2.05, 4.69) is 0 Å². The Kier molecular flexibility index (Phi) is 2.58. The van der Waals surface area contributed by atoms with Crippen molar-refractivity contribution in [3.05, 3.63) is 35.9 Å². The van der Waals surface area contributed by atoms with Gasteiger partial charge in [-0.2, -0.15) is 0 Å². The minimum absolute atomic E-state index is 0.129. The third kappa shape index (κ3) is 1.82. The van der Waals surface area contributed by atoms with E-state index >= 15 is 0 Å². The van der Waals surface area contributed by atoms with Gasteiger partial charge in [-0.1, -0.05) is 30.3 Å². The molecule has 0 unspecified atom stereocenters. The Morgan fingerprint density at radius 1 is 1.18 bits per heavy atom. The number of carbonyl (C=O) groups excluding carboxylic acids is 1. The minimum atomic E-state index is -1.26. The van der Waals surface area contributed by atoms with Crippen LogP contribution in [0.5, 0.6) is 0 Å². The molecule has 0 bridgehead atoms. The second-order valence-electron chi connectivity index (χ2n) is 4.09. The van der Waals surface area contributed by atoms with Gasteiger partial charge in [-0.05, 0) is 0 Å². The number of esters is 1. The fourth-order valence-electron chi connectivity index (χ4n) is 2.06. The summed E-state index contributed by atoms with van der Waals surface area (Å²) in [4.78, 5) is 11.2. The van der Waals surface area contributed by atoms with E-state index in [0.717, 1.165) is 5.56 Å². The summed E-state index contributed by atoms with van der Waals surface area (Å²) >= 11 is 0. The van der Waals surface area contributed by atoms with Gasteiger partial charge >= 0.3 is 5.97 Å². The number of aliphatic hydroxyl groups is 1. The number of fused-ring (bicyclic) bond motifs is 1. The topological polar surface area (TPSA) is 65.0 Å². The van der Waals surface area contributed by atoms with Crippen LogP contribution in [0, 0.1) is 0 Å². The van der Waals surface area contributed by atoms with Crippen molar-refractivity contribution in [1.29, 1.82) is 0 Å². The van der Waals surface area contributed by atoms with Crippen LogP contribution in [0.25, 0.3) is 0 Å². The average Bonchev–Trinajstić information content (AvgIpc) is 2.80. The lowest BCUT2D eigenvalue weighted by Crippen LogP contribution is -2.48. The highest BCUT2D eigenvalue weighted by Gasteiger charge is 2.48. The summed E-state index contributed by atoms with van der Waals surface area (Å²) in [6, 6.07) is 9.39. The van der Waals surface area contributed by atoms with E-state index in [0.29, 0.717) is 0 Å². The standard InChI is InChI=1S/C12H12O5/c13-9-10-8(6-15-11(9)14)16-12(17-10)7-4-2-1-3-5-7/h1-5,8-10,12-13H,6H2/t8-,9+,10+,12-/m0/s1. The molecule has 3 rings (SSSR count). The van der Waals surface area contributed by atoms with Crippen LogP contribution in [-0.4, -0.2) is 36.0 Å². The Morgan fingerprint density at radius 3 is 2.71 bits per heavy atom. The molecule has 2 saturated heterocycles. The maximum Gasteiger partial charge on any atom is 0.337 e. The molecule has 1 aromatic carbocycles. The Hall–Kier alpha value is -1.43. The Bertz CT molecular complexity index is 418. The quantitative estimate of drug-likeness (QED) is 0.714. The summed E-state index contributed by atoms with van der Waals surface area (Å²) in [5, 5.41) is 9.63. The van der Waals surface area contributed by atoms with Crippen molar-refractivity contribution in [1.82, 2.24) is 0 Å². The van der Waals surface area contributed by atoms with E-state index in [1.54, 1.807) is 0 Å². The molecule has 1 aromatic rings. The summed E-state index contributed by atoms with van der Waals surface area (Å²) in [5.74, 6) is -0.649. The summed E-state index contributed by atoms with van der Waals surface area (Å²) in [7, 11) is 0. The van der Waals surface area contributed by atoms with Crippen molar-refractivity contribution in [2.75, 3.05) is 6.61 Å². The summed E-state index contributed by atoms with van der Waals surface area (Å²) in [6.45, 7) is 0.129. The molecule has 0 amide bonds. The summed E-state index contributed by atoms with van der Waals surface area (Å²) < 4.78 is 16.0. The predicted octanol–water partition coefficient (Wildman–Crippen LogP) is 0.387. The van der Waals surface area contributed by atoms with E-state index in [1.165, 1.54) is 0 Å². The molecule has 1 N–H and O–H groups in total. The number of hydrogen-bond donors (Lipinski definition) is 1. The lowest BCUT2D eigenvalue weighted by Gasteiger charge is -2.25. The zero-order valence-corrected chi connectivity index (χ0v) is 8.98. The second-order valence-corrected chi connectivity index (χ2v) is 4.09. The number of carbonyl (C=O) groups is 1. The van der Waals surface area contributed by atoms with Gasteiger partial charge in [-0.3, -0.25) is 0 Å². The molecule has 0 aliphatic carbocycles. The fraction of sp³-hybridized carbons (Fsp3) is 0.417. The van der Waals surface area contributed by atoms with Gasteiger partial charge in [0.15, 0.2) is 12.4 Å². The first-order valence-electron chi connectivity index (χ1n) is 5.46. The lowest BCUT2D eigenvalue weighted by molar-refractivity contribution is -0.173. The van der Waals surface area contributed by atoms with Crippen LogP contribution in [0.1, 0.15) is 11.9 Å². The van der Waals surface area contributed by atoms with Crippen molar-refractivity contribution in [2.24, 2.45) is 0 Å². The number of cyclic esters (lactones) is 1. The predicted molar refractivity (Wildman–Crippen MR) is 55.9 cm³/mol. The molecule has 4 atom stereocenters. The number of ether oxygens (including phenoxy) is 3. The summed E-state index contributed by atoms with van der Waals surface area (Å²) in [6.07, 6.45) is -2.84. The first-order valence-corrected chi connectivity index (χ1v) is 5.46. The highest BCUT2D eigenvalue weighted by molar-refractivity contribution is 5.76. The average molecular weight is 236 g/mol. The molecule has 0 saturated carbocycles. The highest BCUT2D eigenvalue weighted by atomic mass is 16.7. The van der Waals surface area contributed by atoms with Crippen molar-refractivity contribution in [3.8, 4) is 0 Å². The van der Waals surface area contributed by atoms with Gasteiger partial charge < -0.3 is 19.3 Å². The van der Waals surface area contributed by atoms with Crippen LogP contribution in [-0.2, 0) is 19.0 Å². The van der Waals surface area contributed by atoms with Crippen molar-refractivity contribution < 1.29 is 24.1 Å². The van der Waals surface area contributed by atoms with Crippen LogP contribution in [0.3, 0.4) is 0 Å². The van der Waals surface area contributed by atoms with E-state index in [-0.39, 0.29) is 6.61 Å². The van der Waals surface area contributed by atoms with Gasteiger partial charge in [0.25, 0.3) is 0 Å². The molecule has 0 spiro atoms. The van der Waals surface area contributed by atoms with Crippen LogP contribution in [0.2, 0.25) is 0 Å². The minimum Gasteiger partial charge on any atom is -0.461 e. The van der Waals surface area contributed by atoms with Crippen molar-refractivity contribution in [2.45, 2.75) is 24.6 Å². The monoisotopic (exact) mass is 236 g/mol. The van der Waals surface area contributed by atoms with E-state index < -0.39 is 30.6 Å². The molecule has 2 aliphatic rings. The maximum atomic E-state index is 11.2. The van der Waals surface area contributed by atoms with Crippen LogP contribution < -0.4 is 0 Å². The molecule has 2 aliphatic heterocycles. The molecule has 0 aromatic heterocycles. The molecular formula is C12H12O5. The SMILES string of the molecule is O=C1OC[C@@H]2O[C@H](c3ccccc3)O[C@H]2[C@H]1O. The van der Waals surface area contributed by atoms with Gasteiger partial charge in [-0.25, -0.2) is 4.79 Å². The molecule has 17 heavy (non-hydrogen) atoms. The van der Waals surface area contributed by atoms with Gasteiger partial charge in [0.05, 0.1) is 0 Å². The second kappa shape index (κ2) is 4.10. The zero-order chi connectivity index (χ0) is 11.8. The van der Waals surface area contributed by atoms with E-state index in [9.17, 15) is 9.90 Å². The van der Waals surface area contributed by atoms with Gasteiger partial charge in [0, 0.05) is 5.56 Å². The third-order valence-electron chi connectivity index (χ3n) is 2.96. The Morgan fingerprint density at radius 2 is 1.94 bits per heavy atom. The zero-order valence-electron chi connectivity index (χ0n) is 8.98. The van der Waals surface area contributed by atoms with Crippen molar-refractivity contribution >= 4 is 5.97 Å². The van der Waals surface area contributed by atoms with Crippen LogP contribution in [0.15, 0.2) is 30.3 Å². The molecular weight excluding hydrogens is 224 g/mol. The van der Waals surface area contributed by atoms with Gasteiger partial charge in [-0.15, -0.1) is 0 Å². The Labute approximate surface area is 97.9 Å². The maximum absolute atomic E-state index is 11.2. The third-order valence-corrected chi connectivity index (χ3v) is 2.96. The van der Waals surface area contributed by atoms with Crippen LogP contribution in [0.4, 0.5) is 0 Å². The number of rotatable bonds is 1. The first kappa shape index (κ1) is 10.7. The highest BCUT2D eigenvalue weighted by Crippen LogP contribution is 2.34. The largest absolute Gasteiger partial charge is 0.461 e. The number of benzene rings is 1. The van der Waals surface area contributed by atoms with E-state index in [1.807, 2.05) is 30.3 Å². The molecule has 5 heteroatoms. The number of hydrogen-bond acceptors (Lipinski definition) is 5. The Balaban J connectivity index is 1.79. The lowest BCUT2D eigenvalue weighted by atomic mass is 10.1. The normalized spacial score (nSPS) is 36.4. The molecule has 90 valence electrons. The fourth-order valence-corrected chi connectivity index (χ4v) is 2.06. The first-order chi connectivity index (χ1) is 8.25. The van der Waals surface area contributed by atoms with Gasteiger partial charge in [0.2, 0.25) is 0 Å². The van der Waals surface area contributed by atoms with Crippen molar-refractivity contribution in [3.63, 3.8) is 0 Å². The van der Waals surface area contributed by atoms with Crippen LogP contribution >= 0.6 is 0 Å². The number of aliphatic hydroxyl groups excluding tert-OH is 1. The molecule has 5 nitrogen and oxygen atoms in total. The summed E-state index contributed by atoms with van der Waals surface area (Å²) in [5.41, 5.74) is 0.863. The molecule has 2 fully saturated rings.